The second-order valence-corrected chi connectivity index (χ2v) is 7.84. The molecular formula is C21H23NO5S2. The average Bonchev–Trinajstić information content (AvgIpc) is 3.03. The van der Waals surface area contributed by atoms with Crippen molar-refractivity contribution in [3.05, 3.63) is 64.1 Å². The molecule has 29 heavy (non-hydrogen) atoms. The maximum Gasteiger partial charge on any atom is 0.348 e. The molecule has 0 aliphatic rings. The molecule has 0 unspecified atom stereocenters. The quantitative estimate of drug-likeness (QED) is 0.456. The monoisotopic (exact) mass is 433 g/mol. The maximum atomic E-state index is 12.7. The van der Waals surface area contributed by atoms with E-state index in [2.05, 4.69) is 11.9 Å². The second kappa shape index (κ2) is 10.8. The minimum absolute atomic E-state index is 0.0506. The lowest BCUT2D eigenvalue weighted by atomic mass is 10.1. The molecule has 0 fully saturated rings. The van der Waals surface area contributed by atoms with Crippen LogP contribution in [0.3, 0.4) is 0 Å². The Morgan fingerprint density at radius 1 is 1.17 bits per heavy atom. The van der Waals surface area contributed by atoms with Crippen LogP contribution in [0, 0.1) is 6.92 Å². The SMILES string of the molecule is C=CCOC(=O)c1sc(NC(=O)c2ccc(CSC)cc2)c(C(=O)OCC)c1C. The zero-order chi connectivity index (χ0) is 21.4. The van der Waals surface area contributed by atoms with Crippen LogP contribution in [0.15, 0.2) is 36.9 Å². The summed E-state index contributed by atoms with van der Waals surface area (Å²) >= 11 is 2.68. The van der Waals surface area contributed by atoms with E-state index in [-0.39, 0.29) is 34.6 Å². The van der Waals surface area contributed by atoms with Gasteiger partial charge in [-0.15, -0.1) is 11.3 Å². The van der Waals surface area contributed by atoms with Gasteiger partial charge in [0.2, 0.25) is 0 Å². The molecule has 2 rings (SSSR count). The fraction of sp³-hybridized carbons (Fsp3) is 0.286. The zero-order valence-corrected chi connectivity index (χ0v) is 18.2. The van der Waals surface area contributed by atoms with Gasteiger partial charge in [-0.25, -0.2) is 9.59 Å². The van der Waals surface area contributed by atoms with E-state index < -0.39 is 11.9 Å². The van der Waals surface area contributed by atoms with Gasteiger partial charge in [0.05, 0.1) is 12.2 Å². The van der Waals surface area contributed by atoms with E-state index >= 15 is 0 Å². The minimum Gasteiger partial charge on any atom is -0.462 e. The molecule has 0 aliphatic carbocycles. The number of hydrogen-bond donors (Lipinski definition) is 1. The van der Waals surface area contributed by atoms with Crippen LogP contribution in [-0.2, 0) is 15.2 Å². The van der Waals surface area contributed by atoms with Gasteiger partial charge in [0.1, 0.15) is 16.5 Å². The molecule has 1 N–H and O–H groups in total. The molecule has 1 amide bonds. The van der Waals surface area contributed by atoms with Crippen molar-refractivity contribution in [2.75, 3.05) is 24.8 Å². The second-order valence-electron chi connectivity index (χ2n) is 5.95. The van der Waals surface area contributed by atoms with E-state index in [0.29, 0.717) is 11.1 Å². The molecule has 0 radical (unpaired) electrons. The van der Waals surface area contributed by atoms with Crippen molar-refractivity contribution in [3.63, 3.8) is 0 Å². The van der Waals surface area contributed by atoms with Gasteiger partial charge in [-0.2, -0.15) is 11.8 Å². The van der Waals surface area contributed by atoms with Gasteiger partial charge in [-0.3, -0.25) is 4.79 Å². The summed E-state index contributed by atoms with van der Waals surface area (Å²) in [5.74, 6) is -0.706. The van der Waals surface area contributed by atoms with Crippen LogP contribution < -0.4 is 5.32 Å². The summed E-state index contributed by atoms with van der Waals surface area (Å²) in [7, 11) is 0. The molecule has 0 spiro atoms. The maximum absolute atomic E-state index is 12.7. The van der Waals surface area contributed by atoms with Gasteiger partial charge < -0.3 is 14.8 Å². The predicted octanol–water partition coefficient (Wildman–Crippen LogP) is 4.69. The number of hydrogen-bond acceptors (Lipinski definition) is 7. The number of esters is 2. The summed E-state index contributed by atoms with van der Waals surface area (Å²) in [4.78, 5) is 37.7. The van der Waals surface area contributed by atoms with E-state index in [0.717, 1.165) is 22.7 Å². The van der Waals surface area contributed by atoms with Crippen molar-refractivity contribution in [3.8, 4) is 0 Å². The number of benzene rings is 1. The molecule has 0 saturated carbocycles. The predicted molar refractivity (Wildman–Crippen MR) is 117 cm³/mol. The van der Waals surface area contributed by atoms with Crippen LogP contribution in [0.4, 0.5) is 5.00 Å². The number of ether oxygens (including phenoxy) is 2. The Hall–Kier alpha value is -2.58. The normalized spacial score (nSPS) is 10.3. The molecular weight excluding hydrogens is 410 g/mol. The smallest absolute Gasteiger partial charge is 0.348 e. The van der Waals surface area contributed by atoms with E-state index in [1.165, 1.54) is 6.08 Å². The fourth-order valence-corrected chi connectivity index (χ4v) is 4.15. The van der Waals surface area contributed by atoms with Gasteiger partial charge >= 0.3 is 11.9 Å². The van der Waals surface area contributed by atoms with Crippen LogP contribution in [0.2, 0.25) is 0 Å². The third-order valence-corrected chi connectivity index (χ3v) is 5.71. The summed E-state index contributed by atoms with van der Waals surface area (Å²) in [6.07, 6.45) is 3.46. The highest BCUT2D eigenvalue weighted by Crippen LogP contribution is 2.34. The lowest BCUT2D eigenvalue weighted by Gasteiger charge is -2.07. The van der Waals surface area contributed by atoms with Gasteiger partial charge in [-0.05, 0) is 43.4 Å². The Morgan fingerprint density at radius 3 is 2.45 bits per heavy atom. The largest absolute Gasteiger partial charge is 0.462 e. The van der Waals surface area contributed by atoms with Crippen molar-refractivity contribution < 1.29 is 23.9 Å². The van der Waals surface area contributed by atoms with E-state index in [1.807, 2.05) is 18.4 Å². The van der Waals surface area contributed by atoms with Crippen molar-refractivity contribution in [2.45, 2.75) is 19.6 Å². The molecule has 6 nitrogen and oxygen atoms in total. The van der Waals surface area contributed by atoms with E-state index in [1.54, 1.807) is 37.7 Å². The number of thiophene rings is 1. The summed E-state index contributed by atoms with van der Waals surface area (Å²) < 4.78 is 10.2. The minimum atomic E-state index is -0.602. The van der Waals surface area contributed by atoms with E-state index in [4.69, 9.17) is 9.47 Å². The first-order chi connectivity index (χ1) is 13.9. The lowest BCUT2D eigenvalue weighted by molar-refractivity contribution is 0.0527. The Labute approximate surface area is 178 Å². The molecule has 0 atom stereocenters. The molecule has 1 heterocycles. The highest BCUT2D eigenvalue weighted by molar-refractivity contribution is 7.97. The van der Waals surface area contributed by atoms with Gasteiger partial charge in [-0.1, -0.05) is 24.8 Å². The number of anilines is 1. The molecule has 0 saturated heterocycles. The Balaban J connectivity index is 2.33. The molecule has 8 heteroatoms. The number of thioether (sulfide) groups is 1. The number of rotatable bonds is 9. The Morgan fingerprint density at radius 2 is 1.86 bits per heavy atom. The number of carbonyl (C=O) groups is 3. The van der Waals surface area contributed by atoms with Gasteiger partial charge in [0.25, 0.3) is 5.91 Å². The van der Waals surface area contributed by atoms with Gasteiger partial charge in [0, 0.05) is 11.3 Å². The Kier molecular flexibility index (Phi) is 8.48. The van der Waals surface area contributed by atoms with Crippen LogP contribution >= 0.6 is 23.1 Å². The standard InChI is InChI=1S/C21H23NO5S2/c1-5-11-27-21(25)17-13(3)16(20(24)26-6-2)19(29-17)22-18(23)15-9-7-14(8-10-15)12-28-4/h5,7-10H,1,6,11-12H2,2-4H3,(H,22,23). The number of nitrogens with one attached hydrogen (secondary N) is 1. The van der Waals surface area contributed by atoms with Crippen LogP contribution in [0.25, 0.3) is 0 Å². The summed E-state index contributed by atoms with van der Waals surface area (Å²) in [5.41, 5.74) is 2.13. The van der Waals surface area contributed by atoms with Crippen molar-refractivity contribution in [1.82, 2.24) is 0 Å². The fourth-order valence-electron chi connectivity index (χ4n) is 2.54. The number of amides is 1. The average molecular weight is 434 g/mol. The molecule has 154 valence electrons. The zero-order valence-electron chi connectivity index (χ0n) is 16.6. The molecule has 1 aromatic carbocycles. The van der Waals surface area contributed by atoms with Gasteiger partial charge in [0.15, 0.2) is 0 Å². The van der Waals surface area contributed by atoms with Crippen LogP contribution in [0.5, 0.6) is 0 Å². The van der Waals surface area contributed by atoms with Crippen molar-refractivity contribution >= 4 is 45.9 Å². The first-order valence-corrected chi connectivity index (χ1v) is 11.1. The van der Waals surface area contributed by atoms with Crippen molar-refractivity contribution in [2.24, 2.45) is 0 Å². The summed E-state index contributed by atoms with van der Waals surface area (Å²) in [6.45, 7) is 7.05. The highest BCUT2D eigenvalue weighted by atomic mass is 32.2. The highest BCUT2D eigenvalue weighted by Gasteiger charge is 2.27. The third kappa shape index (κ3) is 5.71. The number of carbonyl (C=O) groups excluding carboxylic acids is 3. The topological polar surface area (TPSA) is 81.7 Å². The molecule has 1 aromatic heterocycles. The summed E-state index contributed by atoms with van der Waals surface area (Å²) in [6, 6.07) is 7.22. The summed E-state index contributed by atoms with van der Waals surface area (Å²) in [5, 5.41) is 2.99. The third-order valence-electron chi connectivity index (χ3n) is 3.90. The first-order valence-electron chi connectivity index (χ1n) is 8.90. The molecule has 2 aromatic rings. The Bertz CT molecular complexity index is 903. The molecule has 0 aliphatic heterocycles. The van der Waals surface area contributed by atoms with Crippen molar-refractivity contribution in [1.29, 1.82) is 0 Å². The molecule has 0 bridgehead atoms. The first kappa shape index (κ1) is 22.7. The lowest BCUT2D eigenvalue weighted by Crippen LogP contribution is -2.15. The van der Waals surface area contributed by atoms with Crippen LogP contribution in [0.1, 0.15) is 48.4 Å². The van der Waals surface area contributed by atoms with Crippen LogP contribution in [-0.4, -0.2) is 37.3 Å². The van der Waals surface area contributed by atoms with E-state index in [9.17, 15) is 14.4 Å².